The van der Waals surface area contributed by atoms with Crippen LogP contribution in [0.3, 0.4) is 0 Å². The number of oxazole rings is 2. The highest BCUT2D eigenvalue weighted by molar-refractivity contribution is 9.10. The first-order valence-electron chi connectivity index (χ1n) is 28.7. The number of unbranched alkanes of at least 4 members (excludes halogenated alkanes) is 4. The van der Waals surface area contributed by atoms with Gasteiger partial charge in [0.15, 0.2) is 11.2 Å². The first-order valence-corrected chi connectivity index (χ1v) is 30.3. The average molecular weight is 1100 g/mol. The smallest absolute Gasteiger partial charge is 0.227 e. The zero-order chi connectivity index (χ0) is 50.6. The van der Waals surface area contributed by atoms with Crippen LogP contribution in [0, 0.1) is 23.7 Å². The molecular weight excluding hydrogens is 1010 g/mol. The van der Waals surface area contributed by atoms with Gasteiger partial charge in [0.25, 0.3) is 0 Å². The van der Waals surface area contributed by atoms with Crippen molar-refractivity contribution in [1.29, 1.82) is 0 Å². The number of halogens is 2. The lowest BCUT2D eigenvalue weighted by Gasteiger charge is -2.39. The van der Waals surface area contributed by atoms with Gasteiger partial charge in [-0.2, -0.15) is 0 Å². The lowest BCUT2D eigenvalue weighted by atomic mass is 9.65. The van der Waals surface area contributed by atoms with Crippen LogP contribution in [0.25, 0.3) is 67.4 Å². The molecule has 2 aliphatic rings. The molecular formula is C66H82Br2N2O2. The fourth-order valence-corrected chi connectivity index (χ4v) is 14.3. The molecule has 0 amide bonds. The first kappa shape index (κ1) is 52.8. The number of fused-ring (bicyclic) bond motifs is 8. The highest BCUT2D eigenvalue weighted by atomic mass is 79.9. The molecule has 2 aromatic heterocycles. The Hall–Kier alpha value is -4.00. The Morgan fingerprint density at radius 1 is 0.403 bits per heavy atom. The second-order valence-corrected chi connectivity index (χ2v) is 24.2. The molecule has 4 unspecified atom stereocenters. The van der Waals surface area contributed by atoms with E-state index in [-0.39, 0.29) is 10.8 Å². The van der Waals surface area contributed by atoms with Crippen LogP contribution in [0.5, 0.6) is 0 Å². The van der Waals surface area contributed by atoms with Crippen molar-refractivity contribution in [3.05, 3.63) is 116 Å². The van der Waals surface area contributed by atoms with E-state index >= 15 is 0 Å². The van der Waals surface area contributed by atoms with Gasteiger partial charge in [-0.3, -0.25) is 0 Å². The number of rotatable bonds is 26. The van der Waals surface area contributed by atoms with Gasteiger partial charge in [-0.05, 0) is 142 Å². The van der Waals surface area contributed by atoms with E-state index in [4.69, 9.17) is 18.8 Å². The zero-order valence-electron chi connectivity index (χ0n) is 45.0. The van der Waals surface area contributed by atoms with Crippen LogP contribution in [-0.2, 0) is 10.8 Å². The summed E-state index contributed by atoms with van der Waals surface area (Å²) < 4.78 is 15.9. The monoisotopic (exact) mass is 1090 g/mol. The molecule has 382 valence electrons. The van der Waals surface area contributed by atoms with Gasteiger partial charge in [0.1, 0.15) is 11.0 Å². The Balaban J connectivity index is 1.10. The fraction of sp³-hybridized carbons (Fsp3) is 0.515. The minimum absolute atomic E-state index is 0.0875. The Labute approximate surface area is 449 Å². The average Bonchev–Trinajstić information content (AvgIpc) is 4.14. The molecule has 0 bridgehead atoms. The number of hydrogen-bond donors (Lipinski definition) is 0. The van der Waals surface area contributed by atoms with E-state index in [1.165, 1.54) is 147 Å². The third-order valence-corrected chi connectivity index (χ3v) is 18.7. The number of nitrogens with zero attached hydrogens (tertiary/aromatic N) is 2. The Kier molecular flexibility index (Phi) is 17.1. The largest absolute Gasteiger partial charge is 0.436 e. The summed E-state index contributed by atoms with van der Waals surface area (Å²) in [6, 6.07) is 32.3. The van der Waals surface area contributed by atoms with Crippen molar-refractivity contribution in [3.8, 4) is 45.2 Å². The van der Waals surface area contributed by atoms with Gasteiger partial charge in [-0.15, -0.1) is 0 Å². The molecule has 0 spiro atoms. The number of hydrogen-bond acceptors (Lipinski definition) is 4. The van der Waals surface area contributed by atoms with Gasteiger partial charge in [0.2, 0.25) is 11.8 Å². The van der Waals surface area contributed by atoms with E-state index < -0.39 is 0 Å². The van der Waals surface area contributed by atoms with Crippen LogP contribution in [0.4, 0.5) is 0 Å². The van der Waals surface area contributed by atoms with Crippen molar-refractivity contribution in [2.45, 2.75) is 195 Å². The minimum atomic E-state index is -0.0875. The van der Waals surface area contributed by atoms with Gasteiger partial charge in [0, 0.05) is 43.0 Å². The second kappa shape index (κ2) is 23.3. The Morgan fingerprint density at radius 3 is 1.01 bits per heavy atom. The van der Waals surface area contributed by atoms with Gasteiger partial charge in [-0.1, -0.05) is 214 Å². The fourth-order valence-electron chi connectivity index (χ4n) is 13.6. The van der Waals surface area contributed by atoms with Crippen LogP contribution < -0.4 is 0 Å². The van der Waals surface area contributed by atoms with Crippen LogP contribution in [0.2, 0.25) is 0 Å². The summed E-state index contributed by atoms with van der Waals surface area (Å²) in [6.07, 6.45) is 24.6. The molecule has 0 fully saturated rings. The predicted molar refractivity (Wildman–Crippen MR) is 312 cm³/mol. The van der Waals surface area contributed by atoms with E-state index in [0.29, 0.717) is 35.5 Å². The van der Waals surface area contributed by atoms with Gasteiger partial charge in [-0.25, -0.2) is 9.97 Å². The van der Waals surface area contributed by atoms with Gasteiger partial charge < -0.3 is 8.83 Å². The summed E-state index contributed by atoms with van der Waals surface area (Å²) >= 11 is 7.87. The maximum absolute atomic E-state index is 6.79. The molecule has 5 aromatic carbocycles. The molecule has 0 N–H and O–H groups in total. The zero-order valence-corrected chi connectivity index (χ0v) is 48.2. The summed E-state index contributed by atoms with van der Waals surface area (Å²) in [5.41, 5.74) is 16.3. The first-order chi connectivity index (χ1) is 35.0. The van der Waals surface area contributed by atoms with Crippen molar-refractivity contribution >= 4 is 54.1 Å². The summed E-state index contributed by atoms with van der Waals surface area (Å²) in [5, 5.41) is 0. The molecule has 7 aromatic rings. The lowest BCUT2D eigenvalue weighted by molar-refractivity contribution is 0.266. The summed E-state index contributed by atoms with van der Waals surface area (Å²) in [6.45, 7) is 19.0. The Morgan fingerprint density at radius 2 is 0.708 bits per heavy atom. The number of aromatic nitrogens is 2. The maximum atomic E-state index is 6.79. The molecule has 4 atom stereocenters. The lowest BCUT2D eigenvalue weighted by Crippen LogP contribution is -2.31. The quantitative estimate of drug-likeness (QED) is 0.0542. The normalized spacial score (nSPS) is 18.6. The second-order valence-electron chi connectivity index (χ2n) is 22.4. The van der Waals surface area contributed by atoms with Crippen LogP contribution in [0.15, 0.2) is 103 Å². The molecule has 2 aliphatic carbocycles. The van der Waals surface area contributed by atoms with Crippen molar-refractivity contribution in [3.63, 3.8) is 0 Å². The predicted octanol–water partition coefficient (Wildman–Crippen LogP) is 21.8. The minimum Gasteiger partial charge on any atom is -0.436 e. The molecule has 0 radical (unpaired) electrons. The third kappa shape index (κ3) is 10.4. The molecule has 4 nitrogen and oxygen atoms in total. The van der Waals surface area contributed by atoms with Crippen LogP contribution in [0.1, 0.15) is 206 Å². The SMILES string of the molecule is CCCCC(CC)CC1(CC(CC)CCCC)c2cc(Br)ccc2-c2ccc(-c3nc4cc5oc(-c6ccc7c(c6)C(CC(CC)CCCC)(CC(CC)CCCC)c6cc(Br)ccc6-7)nc5cc4o3)cc21. The van der Waals surface area contributed by atoms with Crippen LogP contribution in [-0.4, -0.2) is 9.97 Å². The van der Waals surface area contributed by atoms with Gasteiger partial charge >= 0.3 is 0 Å². The summed E-state index contributed by atoms with van der Waals surface area (Å²) in [7, 11) is 0. The highest BCUT2D eigenvalue weighted by Crippen LogP contribution is 2.59. The molecule has 0 saturated carbocycles. The maximum Gasteiger partial charge on any atom is 0.227 e. The van der Waals surface area contributed by atoms with Crippen molar-refractivity contribution in [2.75, 3.05) is 0 Å². The molecule has 6 heteroatoms. The van der Waals surface area contributed by atoms with E-state index in [1.807, 2.05) is 12.1 Å². The van der Waals surface area contributed by atoms with Crippen molar-refractivity contribution in [1.82, 2.24) is 9.97 Å². The Bertz CT molecular complexity index is 2680. The molecule has 9 rings (SSSR count). The summed E-state index contributed by atoms with van der Waals surface area (Å²) in [5.74, 6) is 3.91. The standard InChI is InChI=1S/C66H82Br2N2O2/c1-9-17-21-43(13-5)39-65(40-44(14-6)22-18-10-2)55-33-47(25-29-51(55)53-31-27-49(67)35-57(53)65)63-69-59-37-62-60(38-61(59)71-63)70-64(72-62)48-26-30-52-54-32-28-50(68)36-58(54)66(56(52)34-48,41-45(15-7)23-19-11-3)42-46(16-8)24-20-12-4/h25-38,43-46H,9-24,39-42H2,1-8H3. The van der Waals surface area contributed by atoms with Gasteiger partial charge in [0.05, 0.1) is 0 Å². The highest BCUT2D eigenvalue weighted by Gasteiger charge is 2.47. The number of benzene rings is 5. The van der Waals surface area contributed by atoms with E-state index in [0.717, 1.165) is 68.0 Å². The summed E-state index contributed by atoms with van der Waals surface area (Å²) in [4.78, 5) is 10.5. The van der Waals surface area contributed by atoms with Crippen LogP contribution >= 0.6 is 31.9 Å². The van der Waals surface area contributed by atoms with Crippen molar-refractivity contribution < 1.29 is 8.83 Å². The van der Waals surface area contributed by atoms with E-state index in [1.54, 1.807) is 0 Å². The van der Waals surface area contributed by atoms with E-state index in [9.17, 15) is 0 Å². The molecule has 2 heterocycles. The van der Waals surface area contributed by atoms with E-state index in [2.05, 4.69) is 160 Å². The third-order valence-electron chi connectivity index (χ3n) is 17.8. The topological polar surface area (TPSA) is 52.1 Å². The van der Waals surface area contributed by atoms with Crippen molar-refractivity contribution in [2.24, 2.45) is 23.7 Å². The molecule has 72 heavy (non-hydrogen) atoms. The molecule has 0 aliphatic heterocycles. The molecule has 0 saturated heterocycles.